The topological polar surface area (TPSA) is 88.4 Å². The van der Waals surface area contributed by atoms with E-state index in [-0.39, 0.29) is 28.6 Å². The van der Waals surface area contributed by atoms with Gasteiger partial charge < -0.3 is 9.47 Å². The highest BCUT2D eigenvalue weighted by Crippen LogP contribution is 2.22. The number of nitriles is 1. The van der Waals surface area contributed by atoms with Gasteiger partial charge in [-0.2, -0.15) is 5.26 Å². The zero-order valence-corrected chi connectivity index (χ0v) is 12.7. The molecule has 0 radical (unpaired) electrons. The number of sulfonamides is 1. The van der Waals surface area contributed by atoms with Gasteiger partial charge in [-0.05, 0) is 18.2 Å². The molecule has 0 saturated carbocycles. The molecule has 0 fully saturated rings. The molecule has 0 aliphatic carbocycles. The summed E-state index contributed by atoms with van der Waals surface area (Å²) in [5.74, 6) is 0. The van der Waals surface area contributed by atoms with E-state index in [1.165, 1.54) is 32.4 Å². The van der Waals surface area contributed by atoms with Crippen molar-refractivity contribution in [3.8, 4) is 6.07 Å². The van der Waals surface area contributed by atoms with Crippen LogP contribution in [-0.4, -0.2) is 41.9 Å². The molecule has 0 spiro atoms. The summed E-state index contributed by atoms with van der Waals surface area (Å²) in [6.07, 6.45) is -0.410. The van der Waals surface area contributed by atoms with Crippen molar-refractivity contribution in [2.45, 2.75) is 11.0 Å². The summed E-state index contributed by atoms with van der Waals surface area (Å²) in [5.41, 5.74) is 0.218. The molecule has 0 aliphatic heterocycles. The molecule has 1 aromatic carbocycles. The van der Waals surface area contributed by atoms with Crippen LogP contribution in [0, 0.1) is 11.3 Å². The number of methoxy groups -OCH3 is 2. The molecule has 1 atom stereocenters. The largest absolute Gasteiger partial charge is 0.382 e. The number of nitrogens with one attached hydrogen (secondary N) is 1. The molecule has 1 N–H and O–H groups in total. The predicted molar refractivity (Wildman–Crippen MR) is 74.0 cm³/mol. The normalized spacial score (nSPS) is 12.9. The average Bonchev–Trinajstić information content (AvgIpc) is 2.43. The van der Waals surface area contributed by atoms with Gasteiger partial charge in [0.25, 0.3) is 0 Å². The Hall–Kier alpha value is -1.17. The van der Waals surface area contributed by atoms with Crippen molar-refractivity contribution in [1.82, 2.24) is 4.72 Å². The predicted octanol–water partition coefficient (Wildman–Crippen LogP) is 1.15. The smallest absolute Gasteiger partial charge is 0.242 e. The van der Waals surface area contributed by atoms with Crippen LogP contribution in [0.3, 0.4) is 0 Å². The summed E-state index contributed by atoms with van der Waals surface area (Å²) in [7, 11) is -0.862. The lowest BCUT2D eigenvalue weighted by molar-refractivity contribution is 0.0320. The summed E-state index contributed by atoms with van der Waals surface area (Å²) in [6.45, 7) is 0.296. The number of hydrogen-bond donors (Lipinski definition) is 1. The minimum atomic E-state index is -3.82. The highest BCUT2D eigenvalue weighted by molar-refractivity contribution is 7.89. The summed E-state index contributed by atoms with van der Waals surface area (Å²) in [4.78, 5) is -0.134. The number of halogens is 1. The number of rotatable bonds is 7. The third-order valence-corrected chi connectivity index (χ3v) is 4.44. The lowest BCUT2D eigenvalue weighted by Gasteiger charge is -2.15. The lowest BCUT2D eigenvalue weighted by atomic mass is 10.2. The zero-order valence-electron chi connectivity index (χ0n) is 11.1. The zero-order chi connectivity index (χ0) is 15.2. The van der Waals surface area contributed by atoms with Crippen molar-refractivity contribution >= 4 is 21.6 Å². The fourth-order valence-electron chi connectivity index (χ4n) is 1.46. The van der Waals surface area contributed by atoms with E-state index in [9.17, 15) is 8.42 Å². The van der Waals surface area contributed by atoms with Gasteiger partial charge in [0.1, 0.15) is 4.90 Å². The van der Waals surface area contributed by atoms with Gasteiger partial charge in [-0.3, -0.25) is 0 Å². The van der Waals surface area contributed by atoms with Crippen molar-refractivity contribution in [2.75, 3.05) is 27.4 Å². The molecular weight excluding hydrogens is 304 g/mol. The first-order valence-corrected chi connectivity index (χ1v) is 7.51. The SMILES string of the molecule is COCC(CNS(=O)(=O)c1cc(C#N)ccc1Cl)OC. The molecule has 0 bridgehead atoms. The van der Waals surface area contributed by atoms with Crippen molar-refractivity contribution in [3.05, 3.63) is 28.8 Å². The Morgan fingerprint density at radius 2 is 2.15 bits per heavy atom. The highest BCUT2D eigenvalue weighted by Gasteiger charge is 2.20. The molecule has 0 saturated heterocycles. The molecule has 0 amide bonds. The highest BCUT2D eigenvalue weighted by atomic mass is 35.5. The molecule has 1 aromatic rings. The van der Waals surface area contributed by atoms with Crippen LogP contribution in [0.25, 0.3) is 0 Å². The summed E-state index contributed by atoms with van der Waals surface area (Å²) in [5, 5.41) is 8.85. The Labute approximate surface area is 123 Å². The van der Waals surface area contributed by atoms with Crippen molar-refractivity contribution in [2.24, 2.45) is 0 Å². The summed E-state index contributed by atoms with van der Waals surface area (Å²) >= 11 is 5.86. The average molecular weight is 319 g/mol. The van der Waals surface area contributed by atoms with E-state index in [0.717, 1.165) is 0 Å². The molecule has 8 heteroatoms. The first-order chi connectivity index (χ1) is 9.44. The molecule has 0 heterocycles. The van der Waals surface area contributed by atoms with E-state index < -0.39 is 16.1 Å². The second kappa shape index (κ2) is 7.57. The van der Waals surface area contributed by atoms with Crippen LogP contribution in [0.5, 0.6) is 0 Å². The molecule has 110 valence electrons. The molecule has 0 aromatic heterocycles. The summed E-state index contributed by atoms with van der Waals surface area (Å²) in [6, 6.07) is 5.91. The van der Waals surface area contributed by atoms with Gasteiger partial charge in [-0.25, -0.2) is 13.1 Å². The molecule has 20 heavy (non-hydrogen) atoms. The van der Waals surface area contributed by atoms with Crippen LogP contribution in [0.1, 0.15) is 5.56 Å². The Bertz CT molecular complexity index is 598. The van der Waals surface area contributed by atoms with E-state index in [0.29, 0.717) is 0 Å². The van der Waals surface area contributed by atoms with Gasteiger partial charge in [0.2, 0.25) is 10.0 Å². The first kappa shape index (κ1) is 16.9. The third kappa shape index (κ3) is 4.44. The van der Waals surface area contributed by atoms with Crippen LogP contribution >= 0.6 is 11.6 Å². The standard InChI is InChI=1S/C12H15ClN2O4S/c1-18-8-10(19-2)7-15-20(16,17)12-5-9(6-14)3-4-11(12)13/h3-5,10,15H,7-8H2,1-2H3. The fourth-order valence-corrected chi connectivity index (χ4v) is 3.05. The first-order valence-electron chi connectivity index (χ1n) is 5.65. The van der Waals surface area contributed by atoms with Gasteiger partial charge in [0.05, 0.1) is 29.4 Å². The Kier molecular flexibility index (Phi) is 6.39. The van der Waals surface area contributed by atoms with Crippen molar-refractivity contribution < 1.29 is 17.9 Å². The number of ether oxygens (including phenoxy) is 2. The monoisotopic (exact) mass is 318 g/mol. The van der Waals surface area contributed by atoms with Crippen LogP contribution in [-0.2, 0) is 19.5 Å². The Morgan fingerprint density at radius 3 is 2.70 bits per heavy atom. The molecule has 0 aliphatic rings. The fraction of sp³-hybridized carbons (Fsp3) is 0.417. The minimum absolute atomic E-state index is 0.0415. The Morgan fingerprint density at radius 1 is 1.45 bits per heavy atom. The van der Waals surface area contributed by atoms with E-state index in [2.05, 4.69) is 4.72 Å². The number of hydrogen-bond acceptors (Lipinski definition) is 5. The van der Waals surface area contributed by atoms with Crippen LogP contribution < -0.4 is 4.72 Å². The van der Waals surface area contributed by atoms with Crippen LogP contribution in [0.4, 0.5) is 0 Å². The van der Waals surface area contributed by atoms with Gasteiger partial charge in [0, 0.05) is 20.8 Å². The van der Waals surface area contributed by atoms with Gasteiger partial charge in [-0.15, -0.1) is 0 Å². The molecule has 1 unspecified atom stereocenters. The van der Waals surface area contributed by atoms with Gasteiger partial charge in [-0.1, -0.05) is 11.6 Å². The maximum absolute atomic E-state index is 12.1. The van der Waals surface area contributed by atoms with Crippen LogP contribution in [0.15, 0.2) is 23.1 Å². The lowest BCUT2D eigenvalue weighted by Crippen LogP contribution is -2.35. The number of nitrogens with zero attached hydrogens (tertiary/aromatic N) is 1. The Balaban J connectivity index is 2.92. The maximum atomic E-state index is 12.1. The second-order valence-electron chi connectivity index (χ2n) is 3.92. The maximum Gasteiger partial charge on any atom is 0.242 e. The minimum Gasteiger partial charge on any atom is -0.382 e. The van der Waals surface area contributed by atoms with Crippen molar-refractivity contribution in [3.63, 3.8) is 0 Å². The van der Waals surface area contributed by atoms with Crippen molar-refractivity contribution in [1.29, 1.82) is 5.26 Å². The second-order valence-corrected chi connectivity index (χ2v) is 6.06. The summed E-state index contributed by atoms with van der Waals surface area (Å²) < 4.78 is 36.6. The quantitative estimate of drug-likeness (QED) is 0.814. The van der Waals surface area contributed by atoms with Crippen LogP contribution in [0.2, 0.25) is 5.02 Å². The van der Waals surface area contributed by atoms with E-state index in [4.69, 9.17) is 26.3 Å². The molecule has 1 rings (SSSR count). The van der Waals surface area contributed by atoms with Gasteiger partial charge >= 0.3 is 0 Å². The molecular formula is C12H15ClN2O4S. The molecule has 6 nitrogen and oxygen atoms in total. The van der Waals surface area contributed by atoms with Gasteiger partial charge in [0.15, 0.2) is 0 Å². The van der Waals surface area contributed by atoms with E-state index in [1.807, 2.05) is 6.07 Å². The van der Waals surface area contributed by atoms with E-state index >= 15 is 0 Å². The third-order valence-electron chi connectivity index (χ3n) is 2.54. The van der Waals surface area contributed by atoms with E-state index in [1.54, 1.807) is 0 Å². The number of benzene rings is 1.